The lowest BCUT2D eigenvalue weighted by Crippen LogP contribution is -1.97. The third kappa shape index (κ3) is 3.21. The third-order valence-electron chi connectivity index (χ3n) is 2.38. The summed E-state index contributed by atoms with van der Waals surface area (Å²) in [6, 6.07) is 13.4. The molecule has 18 heavy (non-hydrogen) atoms. The molecule has 0 atom stereocenters. The average Bonchev–Trinajstić information content (AvgIpc) is 2.38. The largest absolute Gasteiger partial charge is 0.487 e. The van der Waals surface area contributed by atoms with Gasteiger partial charge in [-0.2, -0.15) is 0 Å². The van der Waals surface area contributed by atoms with Gasteiger partial charge >= 0.3 is 0 Å². The lowest BCUT2D eigenvalue weighted by atomic mass is 10.2. The Morgan fingerprint density at radius 2 is 1.67 bits per heavy atom. The Morgan fingerprint density at radius 1 is 1.06 bits per heavy atom. The Bertz CT molecular complexity index is 530. The molecule has 92 valence electrons. The maximum absolute atomic E-state index is 10.7. The number of benzene rings is 2. The van der Waals surface area contributed by atoms with Crippen LogP contribution in [0.15, 0.2) is 51.4 Å². The smallest absolute Gasteiger partial charge is 0.150 e. The highest BCUT2D eigenvalue weighted by Crippen LogP contribution is 2.34. The van der Waals surface area contributed by atoms with Gasteiger partial charge in [0.15, 0.2) is 0 Å². The topological polar surface area (TPSA) is 26.3 Å². The minimum Gasteiger partial charge on any atom is -0.487 e. The molecule has 0 aliphatic heterocycles. The molecule has 2 rings (SSSR count). The van der Waals surface area contributed by atoms with E-state index in [2.05, 4.69) is 31.9 Å². The van der Waals surface area contributed by atoms with Gasteiger partial charge in [-0.15, -0.1) is 0 Å². The van der Waals surface area contributed by atoms with Crippen molar-refractivity contribution in [2.45, 2.75) is 6.61 Å². The molecular weight excluding hydrogens is 360 g/mol. The van der Waals surface area contributed by atoms with Crippen molar-refractivity contribution in [3.05, 3.63) is 62.5 Å². The van der Waals surface area contributed by atoms with E-state index in [0.29, 0.717) is 17.9 Å². The highest BCUT2D eigenvalue weighted by Gasteiger charge is 2.09. The Labute approximate surface area is 122 Å². The zero-order chi connectivity index (χ0) is 13.0. The highest BCUT2D eigenvalue weighted by molar-refractivity contribution is 9.11. The first-order valence-electron chi connectivity index (χ1n) is 5.31. The van der Waals surface area contributed by atoms with Crippen molar-refractivity contribution in [2.75, 3.05) is 0 Å². The second-order valence-electron chi connectivity index (χ2n) is 3.71. The predicted octanol–water partition coefficient (Wildman–Crippen LogP) is 4.60. The van der Waals surface area contributed by atoms with Crippen molar-refractivity contribution < 1.29 is 9.53 Å². The van der Waals surface area contributed by atoms with Crippen molar-refractivity contribution >= 4 is 38.1 Å². The summed E-state index contributed by atoms with van der Waals surface area (Å²) < 4.78 is 7.26. The van der Waals surface area contributed by atoms with Crippen LogP contribution in [-0.2, 0) is 6.61 Å². The van der Waals surface area contributed by atoms with E-state index in [0.717, 1.165) is 20.8 Å². The average molecular weight is 370 g/mol. The van der Waals surface area contributed by atoms with Crippen molar-refractivity contribution in [2.24, 2.45) is 0 Å². The predicted molar refractivity (Wildman–Crippen MR) is 78.0 cm³/mol. The SMILES string of the molecule is O=Cc1cc(Br)c(OCc2ccccc2)c(Br)c1. The van der Waals surface area contributed by atoms with Gasteiger partial charge in [-0.1, -0.05) is 30.3 Å². The van der Waals surface area contributed by atoms with E-state index in [9.17, 15) is 4.79 Å². The fraction of sp³-hybridized carbons (Fsp3) is 0.0714. The van der Waals surface area contributed by atoms with Crippen molar-refractivity contribution in [3.63, 3.8) is 0 Å². The van der Waals surface area contributed by atoms with Crippen LogP contribution in [0.1, 0.15) is 15.9 Å². The van der Waals surface area contributed by atoms with Gasteiger partial charge < -0.3 is 4.74 Å². The van der Waals surface area contributed by atoms with E-state index >= 15 is 0 Å². The molecule has 0 saturated carbocycles. The molecule has 0 N–H and O–H groups in total. The summed E-state index contributed by atoms with van der Waals surface area (Å²) in [7, 11) is 0. The van der Waals surface area contributed by atoms with Gasteiger partial charge in [-0.05, 0) is 49.6 Å². The number of halogens is 2. The van der Waals surface area contributed by atoms with Crippen LogP contribution in [-0.4, -0.2) is 6.29 Å². The Morgan fingerprint density at radius 3 is 2.22 bits per heavy atom. The third-order valence-corrected chi connectivity index (χ3v) is 3.56. The molecule has 0 aliphatic carbocycles. The number of hydrogen-bond acceptors (Lipinski definition) is 2. The van der Waals surface area contributed by atoms with Crippen LogP contribution in [0, 0.1) is 0 Å². The Balaban J connectivity index is 2.17. The van der Waals surface area contributed by atoms with Gasteiger partial charge in [-0.25, -0.2) is 0 Å². The number of hydrogen-bond donors (Lipinski definition) is 0. The van der Waals surface area contributed by atoms with Crippen LogP contribution in [0.4, 0.5) is 0 Å². The van der Waals surface area contributed by atoms with E-state index in [1.165, 1.54) is 0 Å². The highest BCUT2D eigenvalue weighted by atomic mass is 79.9. The first-order chi connectivity index (χ1) is 8.70. The standard InChI is InChI=1S/C14H10Br2O2/c15-12-6-11(8-17)7-13(16)14(12)18-9-10-4-2-1-3-5-10/h1-8H,9H2. The molecule has 0 spiro atoms. The molecule has 0 aliphatic rings. The van der Waals surface area contributed by atoms with Crippen LogP contribution < -0.4 is 4.74 Å². The Hall–Kier alpha value is -1.13. The van der Waals surface area contributed by atoms with Crippen molar-refractivity contribution in [1.29, 1.82) is 0 Å². The van der Waals surface area contributed by atoms with Gasteiger partial charge in [0.25, 0.3) is 0 Å². The molecule has 0 radical (unpaired) electrons. The second-order valence-corrected chi connectivity index (χ2v) is 5.41. The monoisotopic (exact) mass is 368 g/mol. The molecule has 2 aromatic carbocycles. The summed E-state index contributed by atoms with van der Waals surface area (Å²) >= 11 is 6.80. The number of carbonyl (C=O) groups excluding carboxylic acids is 1. The summed E-state index contributed by atoms with van der Waals surface area (Å²) in [5.41, 5.74) is 1.69. The zero-order valence-corrected chi connectivity index (χ0v) is 12.6. The maximum Gasteiger partial charge on any atom is 0.150 e. The molecule has 0 fully saturated rings. The maximum atomic E-state index is 10.7. The van der Waals surface area contributed by atoms with E-state index < -0.39 is 0 Å². The summed E-state index contributed by atoms with van der Waals surface area (Å²) in [4.78, 5) is 10.7. The normalized spacial score (nSPS) is 10.1. The van der Waals surface area contributed by atoms with E-state index in [1.807, 2.05) is 30.3 Å². The molecule has 0 aromatic heterocycles. The van der Waals surface area contributed by atoms with E-state index in [4.69, 9.17) is 4.74 Å². The van der Waals surface area contributed by atoms with Gasteiger partial charge in [0, 0.05) is 5.56 Å². The van der Waals surface area contributed by atoms with Gasteiger partial charge in [0.05, 0.1) is 8.95 Å². The van der Waals surface area contributed by atoms with Crippen molar-refractivity contribution in [1.82, 2.24) is 0 Å². The lowest BCUT2D eigenvalue weighted by Gasteiger charge is -2.11. The van der Waals surface area contributed by atoms with E-state index in [-0.39, 0.29) is 0 Å². The first kappa shape index (κ1) is 13.3. The number of rotatable bonds is 4. The van der Waals surface area contributed by atoms with Gasteiger partial charge in [0.2, 0.25) is 0 Å². The molecule has 4 heteroatoms. The van der Waals surface area contributed by atoms with Crippen LogP contribution in [0.25, 0.3) is 0 Å². The second kappa shape index (κ2) is 6.16. The fourth-order valence-corrected chi connectivity index (χ4v) is 2.97. The molecule has 0 bridgehead atoms. The summed E-state index contributed by atoms with van der Waals surface area (Å²) in [5, 5.41) is 0. The van der Waals surface area contributed by atoms with E-state index in [1.54, 1.807) is 12.1 Å². The molecule has 0 unspecified atom stereocenters. The molecule has 2 nitrogen and oxygen atoms in total. The zero-order valence-electron chi connectivity index (χ0n) is 9.40. The Kier molecular flexibility index (Phi) is 4.55. The van der Waals surface area contributed by atoms with Crippen LogP contribution >= 0.6 is 31.9 Å². The lowest BCUT2D eigenvalue weighted by molar-refractivity contribution is 0.112. The summed E-state index contributed by atoms with van der Waals surface area (Å²) in [5.74, 6) is 0.699. The molecule has 0 saturated heterocycles. The summed E-state index contributed by atoms with van der Waals surface area (Å²) in [6.07, 6.45) is 0.802. The number of aldehydes is 1. The minimum absolute atomic E-state index is 0.485. The summed E-state index contributed by atoms with van der Waals surface area (Å²) in [6.45, 7) is 0.485. The first-order valence-corrected chi connectivity index (χ1v) is 6.90. The fourth-order valence-electron chi connectivity index (χ4n) is 1.52. The quantitative estimate of drug-likeness (QED) is 0.736. The number of carbonyl (C=O) groups is 1. The minimum atomic E-state index is 0.485. The molecular formula is C14H10Br2O2. The van der Waals surface area contributed by atoms with Crippen molar-refractivity contribution in [3.8, 4) is 5.75 Å². The van der Waals surface area contributed by atoms with Crippen LogP contribution in [0.5, 0.6) is 5.75 Å². The number of ether oxygens (including phenoxy) is 1. The molecule has 2 aromatic rings. The van der Waals surface area contributed by atoms with Gasteiger partial charge in [-0.3, -0.25) is 4.79 Å². The van der Waals surface area contributed by atoms with Gasteiger partial charge in [0.1, 0.15) is 18.6 Å². The van der Waals surface area contributed by atoms with Crippen LogP contribution in [0.3, 0.4) is 0 Å². The van der Waals surface area contributed by atoms with Crippen LogP contribution in [0.2, 0.25) is 0 Å². The molecule has 0 amide bonds. The molecule has 0 heterocycles.